The van der Waals surface area contributed by atoms with Gasteiger partial charge in [0.05, 0.1) is 36.8 Å². The van der Waals surface area contributed by atoms with Crippen LogP contribution in [0, 0.1) is 17.8 Å². The summed E-state index contributed by atoms with van der Waals surface area (Å²) >= 11 is 0. The van der Waals surface area contributed by atoms with Crippen LogP contribution >= 0.6 is 0 Å². The van der Waals surface area contributed by atoms with E-state index in [0.29, 0.717) is 37.3 Å². The molecule has 6 rings (SSSR count). The van der Waals surface area contributed by atoms with Crippen molar-refractivity contribution in [3.8, 4) is 22.8 Å². The third-order valence-electron chi connectivity index (χ3n) is 9.52. The summed E-state index contributed by atoms with van der Waals surface area (Å²) in [5.74, 6) is -0.766. The molecule has 1 N–H and O–H groups in total. The molecule has 2 amide bonds. The number of ether oxygens (including phenoxy) is 3. The van der Waals surface area contributed by atoms with E-state index in [9.17, 15) is 14.4 Å². The summed E-state index contributed by atoms with van der Waals surface area (Å²) in [6.45, 7) is 2.56. The SMILES string of the molecule is CCOC(=O)C12CC1C=CCCCCNC(=O)C1CC(Oc3cc(-c4ccccc4)nc4cc(OC)ccc34)CC1C(=O)N2C. The maximum atomic E-state index is 14.2. The predicted octanol–water partition coefficient (Wildman–Crippen LogP) is 5.32. The molecular formula is C36H41N3O6. The quantitative estimate of drug-likeness (QED) is 0.297. The van der Waals surface area contributed by atoms with Crippen molar-refractivity contribution in [1.29, 1.82) is 0 Å². The van der Waals surface area contributed by atoms with Gasteiger partial charge in [0.2, 0.25) is 11.8 Å². The van der Waals surface area contributed by atoms with Crippen LogP contribution in [0.25, 0.3) is 22.2 Å². The van der Waals surface area contributed by atoms with Gasteiger partial charge in [-0.25, -0.2) is 9.78 Å². The smallest absolute Gasteiger partial charge is 0.332 e. The zero-order chi connectivity index (χ0) is 31.6. The minimum atomic E-state index is -1.04. The molecule has 1 aliphatic heterocycles. The molecule has 9 nitrogen and oxygen atoms in total. The van der Waals surface area contributed by atoms with Crippen LogP contribution in [0.4, 0.5) is 0 Å². The fraction of sp³-hybridized carbons (Fsp3) is 0.444. The lowest BCUT2D eigenvalue weighted by Crippen LogP contribution is -2.51. The third kappa shape index (κ3) is 6.00. The molecule has 2 saturated carbocycles. The molecule has 5 atom stereocenters. The molecule has 45 heavy (non-hydrogen) atoms. The summed E-state index contributed by atoms with van der Waals surface area (Å²) in [6.07, 6.45) is 7.59. The fourth-order valence-corrected chi connectivity index (χ4v) is 6.94. The summed E-state index contributed by atoms with van der Waals surface area (Å²) in [5, 5.41) is 3.89. The van der Waals surface area contributed by atoms with Crippen LogP contribution in [0.15, 0.2) is 66.7 Å². The zero-order valence-corrected chi connectivity index (χ0v) is 26.2. The molecule has 2 heterocycles. The van der Waals surface area contributed by atoms with Crippen LogP contribution in [0.1, 0.15) is 45.4 Å². The number of esters is 1. The van der Waals surface area contributed by atoms with Gasteiger partial charge < -0.3 is 24.4 Å². The summed E-state index contributed by atoms with van der Waals surface area (Å²) in [5.41, 5.74) is 1.37. The number of hydrogen-bond acceptors (Lipinski definition) is 7. The van der Waals surface area contributed by atoms with Crippen molar-refractivity contribution in [2.75, 3.05) is 27.3 Å². The topological polar surface area (TPSA) is 107 Å². The largest absolute Gasteiger partial charge is 0.497 e. The molecule has 0 bridgehead atoms. The molecule has 3 aliphatic rings. The second kappa shape index (κ2) is 12.9. The highest BCUT2D eigenvalue weighted by Gasteiger charge is 2.65. The Hall–Kier alpha value is -4.40. The Bertz CT molecular complexity index is 1610. The number of hydrogen-bond donors (Lipinski definition) is 1. The van der Waals surface area contributed by atoms with Crippen LogP contribution in [-0.2, 0) is 19.1 Å². The van der Waals surface area contributed by atoms with Gasteiger partial charge in [-0.1, -0.05) is 42.5 Å². The van der Waals surface area contributed by atoms with E-state index in [0.717, 1.165) is 41.4 Å². The molecule has 9 heteroatoms. The molecule has 5 unspecified atom stereocenters. The zero-order valence-electron chi connectivity index (χ0n) is 26.2. The van der Waals surface area contributed by atoms with Gasteiger partial charge >= 0.3 is 5.97 Å². The van der Waals surface area contributed by atoms with Crippen LogP contribution in [0.5, 0.6) is 11.5 Å². The standard InChI is InChI=1S/C36H41N3O6/c1-4-44-35(42)36-22-24(36)14-10-5-6-11-17-37-33(40)28-18-26(19-29(28)34(41)39(36)2)45-32-21-30(23-12-8-7-9-13-23)38-31-20-25(43-3)15-16-27(31)32/h7-10,12-16,20-21,24,26,28-29H,4-6,11,17-19,22H2,1-3H3,(H,37,40). The van der Waals surface area contributed by atoms with Crippen molar-refractivity contribution < 1.29 is 28.6 Å². The van der Waals surface area contributed by atoms with E-state index in [1.54, 1.807) is 26.0 Å². The number of nitrogens with zero attached hydrogens (tertiary/aromatic N) is 2. The van der Waals surface area contributed by atoms with E-state index < -0.39 is 23.5 Å². The van der Waals surface area contributed by atoms with E-state index in [-0.39, 0.29) is 30.3 Å². The third-order valence-corrected chi connectivity index (χ3v) is 9.52. The minimum absolute atomic E-state index is 0.106. The summed E-state index contributed by atoms with van der Waals surface area (Å²) in [6, 6.07) is 17.5. The Morgan fingerprint density at radius 1 is 1.07 bits per heavy atom. The Balaban J connectivity index is 1.33. The van der Waals surface area contributed by atoms with Crippen LogP contribution < -0.4 is 14.8 Å². The summed E-state index contributed by atoms with van der Waals surface area (Å²) in [4.78, 5) is 47.5. The van der Waals surface area contributed by atoms with E-state index >= 15 is 0 Å². The monoisotopic (exact) mass is 611 g/mol. The second-order valence-electron chi connectivity index (χ2n) is 12.2. The molecule has 2 fully saturated rings. The van der Waals surface area contributed by atoms with Gasteiger partial charge in [0.1, 0.15) is 23.1 Å². The van der Waals surface area contributed by atoms with Crippen molar-refractivity contribution >= 4 is 28.7 Å². The van der Waals surface area contributed by atoms with Gasteiger partial charge in [-0.15, -0.1) is 0 Å². The van der Waals surface area contributed by atoms with Gasteiger partial charge in [0.15, 0.2) is 0 Å². The number of likely N-dealkylation sites (N-methyl/N-ethyl adjacent to an activating group) is 1. The first kappa shape index (κ1) is 30.6. The van der Waals surface area contributed by atoms with Gasteiger partial charge in [0, 0.05) is 42.6 Å². The van der Waals surface area contributed by atoms with E-state index in [2.05, 4.69) is 17.5 Å². The molecule has 2 aromatic carbocycles. The number of fused-ring (bicyclic) bond motifs is 3. The second-order valence-corrected chi connectivity index (χ2v) is 12.2. The molecule has 3 aromatic rings. The number of allylic oxidation sites excluding steroid dienone is 1. The van der Waals surface area contributed by atoms with Gasteiger partial charge in [-0.05, 0) is 57.6 Å². The number of methoxy groups -OCH3 is 1. The highest BCUT2D eigenvalue weighted by Crippen LogP contribution is 2.51. The average molecular weight is 612 g/mol. The lowest BCUT2D eigenvalue weighted by Gasteiger charge is -2.31. The highest BCUT2D eigenvalue weighted by molar-refractivity contribution is 5.95. The van der Waals surface area contributed by atoms with Crippen molar-refractivity contribution in [2.24, 2.45) is 17.8 Å². The number of pyridine rings is 1. The predicted molar refractivity (Wildman–Crippen MR) is 171 cm³/mol. The van der Waals surface area contributed by atoms with Crippen molar-refractivity contribution in [2.45, 2.75) is 57.1 Å². The number of carbonyl (C=O) groups excluding carboxylic acids is 3. The fourth-order valence-electron chi connectivity index (χ4n) is 6.94. The minimum Gasteiger partial charge on any atom is -0.497 e. The van der Waals surface area contributed by atoms with Crippen molar-refractivity contribution in [3.63, 3.8) is 0 Å². The first-order valence-electron chi connectivity index (χ1n) is 16.0. The van der Waals surface area contributed by atoms with Crippen molar-refractivity contribution in [1.82, 2.24) is 15.2 Å². The maximum absolute atomic E-state index is 14.2. The summed E-state index contributed by atoms with van der Waals surface area (Å²) < 4.78 is 17.6. The molecule has 1 aromatic heterocycles. The molecule has 0 spiro atoms. The van der Waals surface area contributed by atoms with Crippen LogP contribution in [-0.4, -0.2) is 66.6 Å². The molecule has 0 saturated heterocycles. The van der Waals surface area contributed by atoms with E-state index in [1.807, 2.05) is 54.6 Å². The van der Waals surface area contributed by atoms with Crippen LogP contribution in [0.3, 0.4) is 0 Å². The number of benzene rings is 2. The normalized spacial score (nSPS) is 26.8. The number of carbonyl (C=O) groups is 3. The Morgan fingerprint density at radius 3 is 2.64 bits per heavy atom. The molecule has 2 aliphatic carbocycles. The lowest BCUT2D eigenvalue weighted by molar-refractivity contribution is -0.158. The number of rotatable bonds is 6. The average Bonchev–Trinajstić information content (AvgIpc) is 3.65. The van der Waals surface area contributed by atoms with E-state index in [4.69, 9.17) is 19.2 Å². The first-order chi connectivity index (χ1) is 21.8. The molecule has 0 radical (unpaired) electrons. The van der Waals surface area contributed by atoms with E-state index in [1.165, 1.54) is 0 Å². The highest BCUT2D eigenvalue weighted by atomic mass is 16.5. The first-order valence-corrected chi connectivity index (χ1v) is 16.0. The number of nitrogens with one attached hydrogen (secondary N) is 1. The Kier molecular flexibility index (Phi) is 8.79. The molecular weight excluding hydrogens is 570 g/mol. The maximum Gasteiger partial charge on any atom is 0.332 e. The Labute approximate surface area is 263 Å². The lowest BCUT2D eigenvalue weighted by atomic mass is 9.92. The van der Waals surface area contributed by atoms with Crippen LogP contribution in [0.2, 0.25) is 0 Å². The number of amides is 2. The van der Waals surface area contributed by atoms with Gasteiger partial charge in [-0.2, -0.15) is 0 Å². The number of aromatic nitrogens is 1. The van der Waals surface area contributed by atoms with Gasteiger partial charge in [0.25, 0.3) is 0 Å². The Morgan fingerprint density at radius 2 is 1.87 bits per heavy atom. The summed E-state index contributed by atoms with van der Waals surface area (Å²) in [7, 11) is 3.30. The van der Waals surface area contributed by atoms with Crippen molar-refractivity contribution in [3.05, 3.63) is 66.7 Å². The molecule has 236 valence electrons. The van der Waals surface area contributed by atoms with Gasteiger partial charge in [-0.3, -0.25) is 9.59 Å².